The molecule has 2 aromatic rings. The molecule has 2 N–H and O–H groups in total. The van der Waals surface area contributed by atoms with Crippen molar-refractivity contribution >= 4 is 5.69 Å². The summed E-state index contributed by atoms with van der Waals surface area (Å²) in [6.07, 6.45) is 0. The summed E-state index contributed by atoms with van der Waals surface area (Å²) in [5, 5.41) is 8.64. The highest BCUT2D eigenvalue weighted by Gasteiger charge is 2.13. The van der Waals surface area contributed by atoms with Crippen LogP contribution in [0.4, 0.5) is 14.5 Å². The van der Waals surface area contributed by atoms with E-state index >= 15 is 0 Å². The molecule has 0 spiro atoms. The fraction of sp³-hybridized carbons (Fsp3) is 0.0714. The highest BCUT2D eigenvalue weighted by Crippen LogP contribution is 2.33. The summed E-state index contributed by atoms with van der Waals surface area (Å²) >= 11 is 0. The predicted octanol–water partition coefficient (Wildman–Crippen LogP) is 3.22. The van der Waals surface area contributed by atoms with E-state index in [1.165, 1.54) is 25.3 Å². The van der Waals surface area contributed by atoms with Gasteiger partial charge in [0.15, 0.2) is 23.1 Å². The molecule has 0 amide bonds. The summed E-state index contributed by atoms with van der Waals surface area (Å²) in [6.45, 7) is 0. The molecule has 0 atom stereocenters. The number of anilines is 1. The maximum absolute atomic E-state index is 13.7. The molecule has 0 aliphatic heterocycles. The zero-order valence-electron chi connectivity index (χ0n) is 10.5. The molecule has 0 fully saturated rings. The lowest BCUT2D eigenvalue weighted by Gasteiger charge is -2.11. The molecule has 0 heterocycles. The van der Waals surface area contributed by atoms with Gasteiger partial charge in [-0.25, -0.2) is 8.78 Å². The van der Waals surface area contributed by atoms with E-state index in [0.717, 1.165) is 12.1 Å². The number of nitriles is 1. The third kappa shape index (κ3) is 2.62. The van der Waals surface area contributed by atoms with Crippen LogP contribution in [0.3, 0.4) is 0 Å². The van der Waals surface area contributed by atoms with E-state index in [1.54, 1.807) is 6.07 Å². The van der Waals surface area contributed by atoms with Gasteiger partial charge < -0.3 is 15.2 Å². The molecule has 0 saturated heterocycles. The summed E-state index contributed by atoms with van der Waals surface area (Å²) in [7, 11) is 1.37. The highest BCUT2D eigenvalue weighted by atomic mass is 19.1. The van der Waals surface area contributed by atoms with Crippen molar-refractivity contribution in [3.05, 3.63) is 47.5 Å². The van der Waals surface area contributed by atoms with Crippen molar-refractivity contribution in [3.8, 4) is 23.3 Å². The third-order valence-corrected chi connectivity index (χ3v) is 2.57. The molecule has 6 heteroatoms. The molecule has 0 aromatic heterocycles. The number of nitrogen functional groups attached to an aromatic ring is 1. The number of hydrogen-bond donors (Lipinski definition) is 1. The number of halogens is 2. The minimum Gasteiger partial charge on any atom is -0.494 e. The molecule has 20 heavy (non-hydrogen) atoms. The third-order valence-electron chi connectivity index (χ3n) is 2.57. The SMILES string of the molecule is COc1cc(Oc2ccc(C#N)cc2F)c(F)cc1N. The Morgan fingerprint density at radius 2 is 1.75 bits per heavy atom. The van der Waals surface area contributed by atoms with Crippen molar-refractivity contribution in [3.63, 3.8) is 0 Å². The predicted molar refractivity (Wildman–Crippen MR) is 68.6 cm³/mol. The lowest BCUT2D eigenvalue weighted by molar-refractivity contribution is 0.394. The van der Waals surface area contributed by atoms with Crippen LogP contribution in [0.5, 0.6) is 17.2 Å². The van der Waals surface area contributed by atoms with Crippen LogP contribution < -0.4 is 15.2 Å². The lowest BCUT2D eigenvalue weighted by Crippen LogP contribution is -1.97. The Labute approximate surface area is 114 Å². The van der Waals surface area contributed by atoms with Gasteiger partial charge in [-0.3, -0.25) is 0 Å². The van der Waals surface area contributed by atoms with Crippen molar-refractivity contribution in [2.24, 2.45) is 0 Å². The van der Waals surface area contributed by atoms with E-state index in [0.29, 0.717) is 0 Å². The van der Waals surface area contributed by atoms with Gasteiger partial charge in [0.05, 0.1) is 24.4 Å². The number of benzene rings is 2. The first kappa shape index (κ1) is 13.6. The number of hydrogen-bond acceptors (Lipinski definition) is 4. The lowest BCUT2D eigenvalue weighted by atomic mass is 10.2. The summed E-state index contributed by atoms with van der Waals surface area (Å²) in [5.74, 6) is -1.71. The molecule has 0 radical (unpaired) electrons. The molecule has 4 nitrogen and oxygen atoms in total. The van der Waals surface area contributed by atoms with Gasteiger partial charge in [0.2, 0.25) is 0 Å². The first-order valence-electron chi connectivity index (χ1n) is 5.55. The van der Waals surface area contributed by atoms with Crippen LogP contribution in [0, 0.1) is 23.0 Å². The Hall–Kier alpha value is -2.81. The molecule has 0 aliphatic rings. The normalized spacial score (nSPS) is 9.90. The molecular weight excluding hydrogens is 266 g/mol. The van der Waals surface area contributed by atoms with Crippen molar-refractivity contribution < 1.29 is 18.3 Å². The molecule has 2 rings (SSSR count). The highest BCUT2D eigenvalue weighted by molar-refractivity contribution is 5.56. The summed E-state index contributed by atoms with van der Waals surface area (Å²) in [4.78, 5) is 0. The maximum Gasteiger partial charge on any atom is 0.168 e. The number of nitrogens with two attached hydrogens (primary N) is 1. The Kier molecular flexibility index (Phi) is 3.71. The van der Waals surface area contributed by atoms with Crippen molar-refractivity contribution in [2.75, 3.05) is 12.8 Å². The molecule has 102 valence electrons. The van der Waals surface area contributed by atoms with Crippen LogP contribution in [0.1, 0.15) is 5.56 Å². The van der Waals surface area contributed by atoms with Crippen molar-refractivity contribution in [2.45, 2.75) is 0 Å². The second-order valence-corrected chi connectivity index (χ2v) is 3.88. The van der Waals surface area contributed by atoms with Crippen LogP contribution in [0.15, 0.2) is 30.3 Å². The van der Waals surface area contributed by atoms with Gasteiger partial charge in [0, 0.05) is 12.1 Å². The summed E-state index contributed by atoms with van der Waals surface area (Å²) in [5.41, 5.74) is 5.78. The number of methoxy groups -OCH3 is 1. The first-order chi connectivity index (χ1) is 9.55. The monoisotopic (exact) mass is 276 g/mol. The molecule has 0 saturated carbocycles. The Bertz CT molecular complexity index is 696. The standard InChI is InChI=1S/C14H10F2N2O2/c1-19-14-6-13(10(16)5-11(14)18)20-12-3-2-8(7-17)4-9(12)15/h2-6H,18H2,1H3. The van der Waals surface area contributed by atoms with Gasteiger partial charge >= 0.3 is 0 Å². The molecule has 0 bridgehead atoms. The molecule has 0 aliphatic carbocycles. The van der Waals surface area contributed by atoms with E-state index in [2.05, 4.69) is 0 Å². The Morgan fingerprint density at radius 1 is 1.05 bits per heavy atom. The first-order valence-corrected chi connectivity index (χ1v) is 5.55. The van der Waals surface area contributed by atoms with Gasteiger partial charge in [-0.2, -0.15) is 5.26 Å². The zero-order chi connectivity index (χ0) is 14.7. The van der Waals surface area contributed by atoms with Gasteiger partial charge in [-0.15, -0.1) is 0 Å². The average Bonchev–Trinajstić information content (AvgIpc) is 2.43. The van der Waals surface area contributed by atoms with Gasteiger partial charge in [0.25, 0.3) is 0 Å². The Morgan fingerprint density at radius 3 is 2.35 bits per heavy atom. The zero-order valence-corrected chi connectivity index (χ0v) is 10.5. The molecule has 2 aromatic carbocycles. The Balaban J connectivity index is 2.37. The van der Waals surface area contributed by atoms with Crippen molar-refractivity contribution in [1.82, 2.24) is 0 Å². The van der Waals surface area contributed by atoms with Crippen LogP contribution in [0.2, 0.25) is 0 Å². The van der Waals surface area contributed by atoms with Gasteiger partial charge in [-0.1, -0.05) is 0 Å². The quantitative estimate of drug-likeness (QED) is 0.874. The maximum atomic E-state index is 13.7. The number of nitrogens with zero attached hydrogens (tertiary/aromatic N) is 1. The second kappa shape index (κ2) is 5.45. The van der Waals surface area contributed by atoms with E-state index in [9.17, 15) is 8.78 Å². The topological polar surface area (TPSA) is 68.3 Å². The van der Waals surface area contributed by atoms with E-state index < -0.39 is 11.6 Å². The largest absolute Gasteiger partial charge is 0.494 e. The average molecular weight is 276 g/mol. The fourth-order valence-corrected chi connectivity index (χ4v) is 1.58. The minimum atomic E-state index is -0.765. The van der Waals surface area contributed by atoms with E-state index in [1.807, 2.05) is 0 Å². The molecular formula is C14H10F2N2O2. The fourth-order valence-electron chi connectivity index (χ4n) is 1.58. The van der Waals surface area contributed by atoms with Crippen LogP contribution >= 0.6 is 0 Å². The molecule has 0 unspecified atom stereocenters. The minimum absolute atomic E-state index is 0.109. The van der Waals surface area contributed by atoms with E-state index in [4.69, 9.17) is 20.5 Å². The van der Waals surface area contributed by atoms with Crippen LogP contribution in [-0.4, -0.2) is 7.11 Å². The van der Waals surface area contributed by atoms with E-state index in [-0.39, 0.29) is 28.5 Å². The van der Waals surface area contributed by atoms with Gasteiger partial charge in [0.1, 0.15) is 5.75 Å². The summed E-state index contributed by atoms with van der Waals surface area (Å²) < 4.78 is 37.4. The van der Waals surface area contributed by atoms with Gasteiger partial charge in [-0.05, 0) is 18.2 Å². The van der Waals surface area contributed by atoms with Crippen molar-refractivity contribution in [1.29, 1.82) is 5.26 Å². The van der Waals surface area contributed by atoms with Crippen LogP contribution in [0.25, 0.3) is 0 Å². The smallest absolute Gasteiger partial charge is 0.168 e. The van der Waals surface area contributed by atoms with Crippen LogP contribution in [-0.2, 0) is 0 Å². The second-order valence-electron chi connectivity index (χ2n) is 3.88. The number of rotatable bonds is 3. The summed E-state index contributed by atoms with van der Waals surface area (Å²) in [6, 6.07) is 7.65. The number of ether oxygens (including phenoxy) is 2.